The molecule has 2 aliphatic heterocycles. The van der Waals surface area contributed by atoms with E-state index in [0.717, 1.165) is 15.6 Å². The molecule has 1 aromatic heterocycles. The zero-order valence-electron chi connectivity index (χ0n) is 14.0. The molecule has 2 N–H and O–H groups in total. The largest absolute Gasteiger partial charge is 0.492 e. The van der Waals surface area contributed by atoms with E-state index in [2.05, 4.69) is 15.6 Å². The summed E-state index contributed by atoms with van der Waals surface area (Å²) in [5, 5.41) is 6.58. The van der Waals surface area contributed by atoms with Crippen LogP contribution >= 0.6 is 11.3 Å². The summed E-state index contributed by atoms with van der Waals surface area (Å²) in [7, 11) is 4.92. The smallest absolute Gasteiger partial charge is 0.231 e. The van der Waals surface area contributed by atoms with Gasteiger partial charge in [-0.1, -0.05) is 11.3 Å². The standard InChI is InChI=1S/C16H17N3O5S/c1-17-16-19-15-14(25-16)8(5-10(20)18-15)7-4-9-12(24-6-23-9)13(22-3)11(7)21-2/h4,8H,5-6H2,1-3H3,(H,17,19)(H,18,20)/t8-/m1/s1. The van der Waals surface area contributed by atoms with Gasteiger partial charge in [0.1, 0.15) is 5.82 Å². The van der Waals surface area contributed by atoms with Crippen LogP contribution in [0, 0.1) is 0 Å². The monoisotopic (exact) mass is 363 g/mol. The molecule has 0 aliphatic carbocycles. The molecule has 25 heavy (non-hydrogen) atoms. The van der Waals surface area contributed by atoms with Gasteiger partial charge >= 0.3 is 0 Å². The zero-order chi connectivity index (χ0) is 17.6. The molecule has 8 nitrogen and oxygen atoms in total. The van der Waals surface area contributed by atoms with Gasteiger partial charge in [0.05, 0.1) is 19.1 Å². The number of rotatable bonds is 4. The lowest BCUT2D eigenvalue weighted by Gasteiger charge is -2.24. The maximum absolute atomic E-state index is 12.2. The Hall–Kier alpha value is -2.68. The second kappa shape index (κ2) is 5.99. The van der Waals surface area contributed by atoms with Gasteiger partial charge in [-0.3, -0.25) is 4.79 Å². The molecule has 1 aromatic carbocycles. The van der Waals surface area contributed by atoms with E-state index in [1.807, 2.05) is 6.07 Å². The highest BCUT2D eigenvalue weighted by Gasteiger charge is 2.36. The third-order valence-corrected chi connectivity index (χ3v) is 5.40. The number of thiazole rings is 1. The lowest BCUT2D eigenvalue weighted by Crippen LogP contribution is -2.23. The summed E-state index contributed by atoms with van der Waals surface area (Å²) in [4.78, 5) is 17.6. The summed E-state index contributed by atoms with van der Waals surface area (Å²) >= 11 is 1.50. The van der Waals surface area contributed by atoms with Crippen molar-refractivity contribution in [2.75, 3.05) is 38.7 Å². The Kier molecular flexibility index (Phi) is 3.79. The number of nitrogens with zero attached hydrogens (tertiary/aromatic N) is 1. The molecule has 2 aromatic rings. The van der Waals surface area contributed by atoms with Gasteiger partial charge < -0.3 is 29.6 Å². The van der Waals surface area contributed by atoms with Crippen molar-refractivity contribution in [2.24, 2.45) is 0 Å². The maximum Gasteiger partial charge on any atom is 0.231 e. The van der Waals surface area contributed by atoms with Gasteiger partial charge in [-0.05, 0) is 6.07 Å². The molecule has 4 rings (SSSR count). The van der Waals surface area contributed by atoms with Gasteiger partial charge in [0.25, 0.3) is 0 Å². The Labute approximate surface area is 148 Å². The lowest BCUT2D eigenvalue weighted by atomic mass is 9.90. The normalized spacial score (nSPS) is 17.7. The molecule has 0 radical (unpaired) electrons. The van der Waals surface area contributed by atoms with Crippen LogP contribution in [0.3, 0.4) is 0 Å². The summed E-state index contributed by atoms with van der Waals surface area (Å²) in [6.07, 6.45) is 0.289. The summed E-state index contributed by atoms with van der Waals surface area (Å²) in [6.45, 7) is 0.124. The first-order valence-corrected chi connectivity index (χ1v) is 8.50. The molecule has 0 saturated carbocycles. The fourth-order valence-corrected chi connectivity index (χ4v) is 4.14. The number of hydrogen-bond acceptors (Lipinski definition) is 8. The van der Waals surface area contributed by atoms with E-state index in [-0.39, 0.29) is 25.0 Å². The molecule has 9 heteroatoms. The molecule has 0 bridgehead atoms. The SMILES string of the molecule is CNc1nc2c(s1)[C@@H](c1cc3c(c(OC)c1OC)OCO3)CC(=O)N2. The summed E-state index contributed by atoms with van der Waals surface area (Å²) < 4.78 is 22.1. The highest BCUT2D eigenvalue weighted by Crippen LogP contribution is 2.54. The predicted octanol–water partition coefficient (Wildman–Crippen LogP) is 2.40. The molecule has 3 heterocycles. The number of ether oxygens (including phenoxy) is 4. The van der Waals surface area contributed by atoms with E-state index in [4.69, 9.17) is 18.9 Å². The van der Waals surface area contributed by atoms with Crippen molar-refractivity contribution >= 4 is 28.2 Å². The minimum atomic E-state index is -0.207. The number of carbonyl (C=O) groups excluding carboxylic acids is 1. The summed E-state index contributed by atoms with van der Waals surface area (Å²) in [6, 6.07) is 1.86. The third-order valence-electron chi connectivity index (χ3n) is 4.22. The van der Waals surface area contributed by atoms with Gasteiger partial charge in [0.2, 0.25) is 24.2 Å². The van der Waals surface area contributed by atoms with Crippen molar-refractivity contribution in [1.82, 2.24) is 4.98 Å². The van der Waals surface area contributed by atoms with Crippen molar-refractivity contribution in [1.29, 1.82) is 0 Å². The lowest BCUT2D eigenvalue weighted by molar-refractivity contribution is -0.116. The molecule has 0 spiro atoms. The van der Waals surface area contributed by atoms with Crippen LogP contribution in [0.5, 0.6) is 23.0 Å². The average Bonchev–Trinajstić information content (AvgIpc) is 3.25. The number of methoxy groups -OCH3 is 2. The number of carbonyl (C=O) groups is 1. The number of fused-ring (bicyclic) bond motifs is 2. The van der Waals surface area contributed by atoms with E-state index >= 15 is 0 Å². The van der Waals surface area contributed by atoms with Crippen LogP contribution in [-0.2, 0) is 4.79 Å². The van der Waals surface area contributed by atoms with E-state index in [1.54, 1.807) is 21.3 Å². The van der Waals surface area contributed by atoms with Gasteiger partial charge in [0, 0.05) is 24.9 Å². The minimum absolute atomic E-state index is 0.0934. The van der Waals surface area contributed by atoms with Crippen molar-refractivity contribution in [2.45, 2.75) is 12.3 Å². The van der Waals surface area contributed by atoms with Crippen molar-refractivity contribution in [3.63, 3.8) is 0 Å². The highest BCUT2D eigenvalue weighted by molar-refractivity contribution is 7.16. The Morgan fingerprint density at radius 1 is 1.32 bits per heavy atom. The van der Waals surface area contributed by atoms with E-state index in [1.165, 1.54) is 11.3 Å². The number of aromatic nitrogens is 1. The highest BCUT2D eigenvalue weighted by atomic mass is 32.1. The van der Waals surface area contributed by atoms with Crippen LogP contribution in [-0.4, -0.2) is 39.0 Å². The number of hydrogen-bond donors (Lipinski definition) is 2. The van der Waals surface area contributed by atoms with E-state index in [9.17, 15) is 4.79 Å². The summed E-state index contributed by atoms with van der Waals surface area (Å²) in [5.41, 5.74) is 0.811. The van der Waals surface area contributed by atoms with Crippen LogP contribution < -0.4 is 29.6 Å². The van der Waals surface area contributed by atoms with Crippen LogP contribution in [0.15, 0.2) is 6.07 Å². The molecule has 0 fully saturated rings. The second-order valence-electron chi connectivity index (χ2n) is 5.55. The minimum Gasteiger partial charge on any atom is -0.492 e. The average molecular weight is 363 g/mol. The first kappa shape index (κ1) is 15.8. The Balaban J connectivity index is 1.90. The van der Waals surface area contributed by atoms with Gasteiger partial charge in [-0.2, -0.15) is 0 Å². The first-order chi connectivity index (χ1) is 12.2. The summed E-state index contributed by atoms with van der Waals surface area (Å²) in [5.74, 6) is 2.39. The maximum atomic E-state index is 12.2. The predicted molar refractivity (Wildman–Crippen MR) is 92.4 cm³/mol. The Bertz CT molecular complexity index is 851. The number of benzene rings is 1. The van der Waals surface area contributed by atoms with E-state index < -0.39 is 0 Å². The van der Waals surface area contributed by atoms with Crippen molar-refractivity contribution < 1.29 is 23.7 Å². The number of anilines is 2. The molecular weight excluding hydrogens is 346 g/mol. The molecule has 2 aliphatic rings. The Morgan fingerprint density at radius 2 is 2.12 bits per heavy atom. The number of nitrogens with one attached hydrogen (secondary N) is 2. The van der Waals surface area contributed by atoms with Gasteiger partial charge in [-0.15, -0.1) is 0 Å². The fourth-order valence-electron chi connectivity index (χ4n) is 3.15. The fraction of sp³-hybridized carbons (Fsp3) is 0.375. The topological polar surface area (TPSA) is 90.9 Å². The molecule has 0 saturated heterocycles. The number of amides is 1. The van der Waals surface area contributed by atoms with Gasteiger partial charge in [-0.25, -0.2) is 4.98 Å². The molecule has 132 valence electrons. The third kappa shape index (κ3) is 2.42. The zero-order valence-corrected chi connectivity index (χ0v) is 14.8. The molecule has 1 amide bonds. The van der Waals surface area contributed by atoms with Crippen molar-refractivity contribution in [3.8, 4) is 23.0 Å². The quantitative estimate of drug-likeness (QED) is 0.862. The van der Waals surface area contributed by atoms with Gasteiger partial charge in [0.15, 0.2) is 16.6 Å². The van der Waals surface area contributed by atoms with Crippen LogP contribution in [0.2, 0.25) is 0 Å². The van der Waals surface area contributed by atoms with Crippen LogP contribution in [0.4, 0.5) is 10.9 Å². The molecular formula is C16H17N3O5S. The van der Waals surface area contributed by atoms with Crippen LogP contribution in [0.25, 0.3) is 0 Å². The first-order valence-electron chi connectivity index (χ1n) is 7.69. The second-order valence-corrected chi connectivity index (χ2v) is 6.58. The molecule has 1 atom stereocenters. The van der Waals surface area contributed by atoms with E-state index in [0.29, 0.717) is 28.8 Å². The van der Waals surface area contributed by atoms with Crippen molar-refractivity contribution in [3.05, 3.63) is 16.5 Å². The van der Waals surface area contributed by atoms with Crippen LogP contribution in [0.1, 0.15) is 22.8 Å². The Morgan fingerprint density at radius 3 is 2.84 bits per heavy atom. The molecule has 0 unspecified atom stereocenters.